The van der Waals surface area contributed by atoms with Gasteiger partial charge < -0.3 is 11.1 Å². The van der Waals surface area contributed by atoms with Gasteiger partial charge in [-0.05, 0) is 24.3 Å². The van der Waals surface area contributed by atoms with Crippen molar-refractivity contribution in [2.24, 2.45) is 0 Å². The summed E-state index contributed by atoms with van der Waals surface area (Å²) >= 11 is 0. The Kier molecular flexibility index (Phi) is 2.95. The second-order valence-corrected chi connectivity index (χ2v) is 4.36. The van der Waals surface area contributed by atoms with E-state index in [0.717, 1.165) is 23.2 Å². The van der Waals surface area contributed by atoms with Crippen LogP contribution in [-0.4, -0.2) is 4.98 Å². The minimum Gasteiger partial charge on any atom is -0.397 e. The number of nitrogens with one attached hydrogen (secondary N) is 1. The Morgan fingerprint density at radius 2 is 1.85 bits per heavy atom. The molecular weight excluding hydrogens is 260 g/mol. The fourth-order valence-electron chi connectivity index (χ4n) is 2.04. The maximum atomic E-state index is 13.2. The first-order chi connectivity index (χ1) is 9.65. The second kappa shape index (κ2) is 4.77. The van der Waals surface area contributed by atoms with Crippen LogP contribution >= 0.6 is 0 Å². The largest absolute Gasteiger partial charge is 0.397 e. The number of hydrogen-bond donors (Lipinski definition) is 2. The number of fused-ring (bicyclic) bond motifs is 1. The molecule has 0 aliphatic carbocycles. The van der Waals surface area contributed by atoms with Gasteiger partial charge in [-0.15, -0.1) is 0 Å². The molecule has 2 aromatic carbocycles. The van der Waals surface area contributed by atoms with Gasteiger partial charge in [0.15, 0.2) is 11.6 Å². The average molecular weight is 271 g/mol. The van der Waals surface area contributed by atoms with Crippen LogP contribution in [0.25, 0.3) is 10.9 Å². The first kappa shape index (κ1) is 12.3. The van der Waals surface area contributed by atoms with Crippen LogP contribution in [0.3, 0.4) is 0 Å². The Bertz CT molecular complexity index is 787. The third-order valence-electron chi connectivity index (χ3n) is 3.00. The third-order valence-corrected chi connectivity index (χ3v) is 3.00. The molecule has 3 nitrogen and oxygen atoms in total. The van der Waals surface area contributed by atoms with Crippen LogP contribution in [0.1, 0.15) is 0 Å². The lowest BCUT2D eigenvalue weighted by Gasteiger charge is -2.10. The van der Waals surface area contributed by atoms with Crippen molar-refractivity contribution in [2.75, 3.05) is 11.1 Å². The summed E-state index contributed by atoms with van der Waals surface area (Å²) in [7, 11) is 0. The zero-order chi connectivity index (χ0) is 14.1. The molecule has 0 radical (unpaired) electrons. The van der Waals surface area contributed by atoms with Crippen molar-refractivity contribution in [1.82, 2.24) is 4.98 Å². The Morgan fingerprint density at radius 1 is 1.00 bits per heavy atom. The van der Waals surface area contributed by atoms with Gasteiger partial charge in [0.2, 0.25) is 0 Å². The van der Waals surface area contributed by atoms with E-state index in [4.69, 9.17) is 5.73 Å². The normalized spacial score (nSPS) is 10.7. The first-order valence-electron chi connectivity index (χ1n) is 6.00. The highest BCUT2D eigenvalue weighted by Gasteiger charge is 2.06. The second-order valence-electron chi connectivity index (χ2n) is 4.36. The van der Waals surface area contributed by atoms with Crippen LogP contribution in [-0.2, 0) is 0 Å². The van der Waals surface area contributed by atoms with E-state index in [1.807, 2.05) is 12.1 Å². The number of hydrogen-bond acceptors (Lipinski definition) is 3. The quantitative estimate of drug-likeness (QED) is 0.696. The number of nitrogens with two attached hydrogens (primary N) is 1. The number of anilines is 3. The molecule has 1 heterocycles. The van der Waals surface area contributed by atoms with Crippen LogP contribution in [0.4, 0.5) is 25.8 Å². The molecule has 0 bridgehead atoms. The van der Waals surface area contributed by atoms with E-state index < -0.39 is 11.6 Å². The van der Waals surface area contributed by atoms with Crippen molar-refractivity contribution < 1.29 is 8.78 Å². The highest BCUT2D eigenvalue weighted by molar-refractivity contribution is 5.98. The van der Waals surface area contributed by atoms with Crippen LogP contribution in [0, 0.1) is 11.6 Å². The summed E-state index contributed by atoms with van der Waals surface area (Å²) in [5.41, 5.74) is 8.28. The summed E-state index contributed by atoms with van der Waals surface area (Å²) in [6.45, 7) is 0. The third kappa shape index (κ3) is 2.14. The highest BCUT2D eigenvalue weighted by atomic mass is 19.2. The van der Waals surface area contributed by atoms with Gasteiger partial charge >= 0.3 is 0 Å². The van der Waals surface area contributed by atoms with Gasteiger partial charge in [0.1, 0.15) is 0 Å². The number of nitrogens with zero attached hydrogens (tertiary/aromatic N) is 1. The van der Waals surface area contributed by atoms with Crippen LogP contribution in [0.2, 0.25) is 0 Å². The summed E-state index contributed by atoms with van der Waals surface area (Å²) in [6, 6.07) is 10.8. The van der Waals surface area contributed by atoms with Gasteiger partial charge in [0, 0.05) is 29.0 Å². The van der Waals surface area contributed by atoms with Crippen LogP contribution in [0.5, 0.6) is 0 Å². The molecule has 5 heteroatoms. The first-order valence-corrected chi connectivity index (χ1v) is 6.00. The molecule has 3 aromatic rings. The molecule has 3 N–H and O–H groups in total. The molecule has 0 aliphatic rings. The lowest BCUT2D eigenvalue weighted by atomic mass is 10.1. The molecule has 0 saturated heterocycles. The standard InChI is InChI=1S/C15H11F2N3/c16-11-5-4-9(8-12(11)17)20-14-6-7-19-15-10(14)2-1-3-13(15)18/h1-8H,18H2,(H,19,20). The van der Waals surface area contributed by atoms with Crippen molar-refractivity contribution in [3.05, 3.63) is 60.3 Å². The van der Waals surface area contributed by atoms with E-state index >= 15 is 0 Å². The van der Waals surface area contributed by atoms with E-state index in [2.05, 4.69) is 10.3 Å². The monoisotopic (exact) mass is 271 g/mol. The van der Waals surface area contributed by atoms with Gasteiger partial charge in [-0.1, -0.05) is 12.1 Å². The molecule has 3 rings (SSSR count). The zero-order valence-electron chi connectivity index (χ0n) is 10.4. The summed E-state index contributed by atoms with van der Waals surface area (Å²) < 4.78 is 26.1. The smallest absolute Gasteiger partial charge is 0.160 e. The van der Waals surface area contributed by atoms with Gasteiger partial charge in [-0.25, -0.2) is 8.78 Å². The van der Waals surface area contributed by atoms with Crippen molar-refractivity contribution in [1.29, 1.82) is 0 Å². The van der Waals surface area contributed by atoms with Crippen molar-refractivity contribution >= 4 is 28.0 Å². The van der Waals surface area contributed by atoms with E-state index in [0.29, 0.717) is 16.9 Å². The molecule has 1 aromatic heterocycles. The lowest BCUT2D eigenvalue weighted by Crippen LogP contribution is -1.96. The lowest BCUT2D eigenvalue weighted by molar-refractivity contribution is 0.509. The number of halogens is 2. The number of rotatable bonds is 2. The SMILES string of the molecule is Nc1cccc2c(Nc3ccc(F)c(F)c3)ccnc12. The van der Waals surface area contributed by atoms with Gasteiger partial charge in [0.25, 0.3) is 0 Å². The minimum absolute atomic E-state index is 0.457. The molecule has 0 amide bonds. The van der Waals surface area contributed by atoms with Crippen LogP contribution < -0.4 is 11.1 Å². The average Bonchev–Trinajstić information content (AvgIpc) is 2.44. The summed E-state index contributed by atoms with van der Waals surface area (Å²) in [5.74, 6) is -1.77. The number of nitrogen functional groups attached to an aromatic ring is 1. The predicted octanol–water partition coefficient (Wildman–Crippen LogP) is 3.84. The molecule has 0 saturated carbocycles. The molecule has 20 heavy (non-hydrogen) atoms. The maximum Gasteiger partial charge on any atom is 0.160 e. The summed E-state index contributed by atoms with van der Waals surface area (Å²) in [5, 5.41) is 3.86. The van der Waals surface area contributed by atoms with Crippen molar-refractivity contribution in [2.45, 2.75) is 0 Å². The Morgan fingerprint density at radius 3 is 2.65 bits per heavy atom. The fraction of sp³-hybridized carbons (Fsp3) is 0. The van der Waals surface area contributed by atoms with E-state index in [9.17, 15) is 8.78 Å². The van der Waals surface area contributed by atoms with Crippen molar-refractivity contribution in [3.8, 4) is 0 Å². The highest BCUT2D eigenvalue weighted by Crippen LogP contribution is 2.28. The molecule has 100 valence electrons. The number of aromatic nitrogens is 1. The minimum atomic E-state index is -0.895. The fourth-order valence-corrected chi connectivity index (χ4v) is 2.04. The topological polar surface area (TPSA) is 50.9 Å². The van der Waals surface area contributed by atoms with Crippen LogP contribution in [0.15, 0.2) is 48.7 Å². The molecule has 0 atom stereocenters. The van der Waals surface area contributed by atoms with Crippen molar-refractivity contribution in [3.63, 3.8) is 0 Å². The number of para-hydroxylation sites is 1. The molecule has 0 spiro atoms. The van der Waals surface area contributed by atoms with Gasteiger partial charge in [-0.2, -0.15) is 0 Å². The zero-order valence-corrected chi connectivity index (χ0v) is 10.4. The number of benzene rings is 2. The van der Waals surface area contributed by atoms with E-state index in [1.165, 1.54) is 6.07 Å². The molecular formula is C15H11F2N3. The number of pyridine rings is 1. The Balaban J connectivity index is 2.06. The molecule has 0 fully saturated rings. The van der Waals surface area contributed by atoms with Gasteiger partial charge in [-0.3, -0.25) is 4.98 Å². The summed E-state index contributed by atoms with van der Waals surface area (Å²) in [6.07, 6.45) is 1.61. The molecule has 0 aliphatic heterocycles. The van der Waals surface area contributed by atoms with E-state index in [1.54, 1.807) is 18.3 Å². The summed E-state index contributed by atoms with van der Waals surface area (Å²) in [4.78, 5) is 4.22. The molecule has 0 unspecified atom stereocenters. The van der Waals surface area contributed by atoms with E-state index in [-0.39, 0.29) is 0 Å². The maximum absolute atomic E-state index is 13.2. The predicted molar refractivity (Wildman–Crippen MR) is 75.8 cm³/mol. The Labute approximate surface area is 114 Å². The Hall–Kier alpha value is -2.69. The van der Waals surface area contributed by atoms with Gasteiger partial charge in [0.05, 0.1) is 11.2 Å².